The minimum atomic E-state index is 1.36. The predicted molar refractivity (Wildman–Crippen MR) is 107 cm³/mol. The van der Waals surface area contributed by atoms with E-state index in [1.54, 1.807) is 0 Å². The van der Waals surface area contributed by atoms with Crippen molar-refractivity contribution in [3.63, 3.8) is 0 Å². The molecule has 1 heteroatoms. The molecule has 134 valence electrons. The largest absolute Gasteiger partial charge is 0.162 e. The quantitative estimate of drug-likeness (QED) is 0.214. The Morgan fingerprint density at radius 2 is 0.636 bits per heavy atom. The van der Waals surface area contributed by atoms with Gasteiger partial charge in [-0.05, 0) is 24.3 Å². The third-order valence-corrected chi connectivity index (χ3v) is 5.69. The Labute approximate surface area is 146 Å². The first-order chi connectivity index (χ1) is 10.9. The number of thioether (sulfide) groups is 1. The van der Waals surface area contributed by atoms with E-state index >= 15 is 0 Å². The first kappa shape index (κ1) is 22.4. The first-order valence-corrected chi connectivity index (χ1v) is 11.6. The van der Waals surface area contributed by atoms with Gasteiger partial charge in [0.2, 0.25) is 0 Å². The normalized spacial score (nSPS) is 11.2. The van der Waals surface area contributed by atoms with Gasteiger partial charge in [0.1, 0.15) is 0 Å². The van der Waals surface area contributed by atoms with E-state index in [4.69, 9.17) is 0 Å². The summed E-state index contributed by atoms with van der Waals surface area (Å²) in [5, 5.41) is 0. The summed E-state index contributed by atoms with van der Waals surface area (Å²) < 4.78 is 0. The molecule has 0 radical (unpaired) electrons. The highest BCUT2D eigenvalue weighted by Crippen LogP contribution is 2.14. The number of hydrogen-bond donors (Lipinski definition) is 0. The van der Waals surface area contributed by atoms with E-state index in [9.17, 15) is 0 Å². The second-order valence-corrected chi connectivity index (χ2v) is 8.14. The molecule has 0 nitrogen and oxygen atoms in total. The van der Waals surface area contributed by atoms with Crippen molar-refractivity contribution in [2.24, 2.45) is 0 Å². The van der Waals surface area contributed by atoms with Crippen molar-refractivity contribution < 1.29 is 0 Å². The zero-order chi connectivity index (χ0) is 16.1. The number of rotatable bonds is 19. The highest BCUT2D eigenvalue weighted by Gasteiger charge is 1.94. The summed E-state index contributed by atoms with van der Waals surface area (Å²) in [4.78, 5) is 0. The van der Waals surface area contributed by atoms with Gasteiger partial charge in [0.25, 0.3) is 0 Å². The molecule has 0 saturated carbocycles. The molecule has 0 heterocycles. The molecule has 0 rings (SSSR count). The maximum atomic E-state index is 2.30. The van der Waals surface area contributed by atoms with Gasteiger partial charge in [0, 0.05) is 0 Å². The van der Waals surface area contributed by atoms with Gasteiger partial charge in [-0.15, -0.1) is 0 Å². The summed E-state index contributed by atoms with van der Waals surface area (Å²) in [7, 11) is 0. The lowest BCUT2D eigenvalue weighted by molar-refractivity contribution is 0.538. The molecule has 0 unspecified atom stereocenters. The topological polar surface area (TPSA) is 0 Å². The summed E-state index contributed by atoms with van der Waals surface area (Å²) in [6.07, 6.45) is 24.8. The molecule has 0 bridgehead atoms. The fraction of sp³-hybridized carbons (Fsp3) is 1.00. The van der Waals surface area contributed by atoms with Crippen molar-refractivity contribution in [3.05, 3.63) is 0 Å². The maximum absolute atomic E-state index is 2.30. The Morgan fingerprint density at radius 1 is 0.364 bits per heavy atom. The Kier molecular flexibility index (Phi) is 21.7. The van der Waals surface area contributed by atoms with Crippen molar-refractivity contribution in [3.8, 4) is 0 Å². The van der Waals surface area contributed by atoms with Crippen LogP contribution in [0.3, 0.4) is 0 Å². The van der Waals surface area contributed by atoms with Crippen LogP contribution in [0.2, 0.25) is 0 Å². The molecule has 0 aliphatic rings. The third-order valence-electron chi connectivity index (χ3n) is 4.53. The van der Waals surface area contributed by atoms with Gasteiger partial charge in [0.05, 0.1) is 0 Å². The van der Waals surface area contributed by atoms with E-state index in [2.05, 4.69) is 25.6 Å². The highest BCUT2D eigenvalue weighted by molar-refractivity contribution is 7.99. The van der Waals surface area contributed by atoms with Crippen molar-refractivity contribution in [1.29, 1.82) is 0 Å². The predicted octanol–water partition coefficient (Wildman–Crippen LogP) is 8.39. The molecular weight excluding hydrogens is 284 g/mol. The van der Waals surface area contributed by atoms with Crippen LogP contribution >= 0.6 is 11.8 Å². The van der Waals surface area contributed by atoms with E-state index in [-0.39, 0.29) is 0 Å². The van der Waals surface area contributed by atoms with Crippen molar-refractivity contribution in [2.75, 3.05) is 11.5 Å². The Bertz CT molecular complexity index is 159. The third kappa shape index (κ3) is 20.3. The molecule has 0 aromatic carbocycles. The smallest absolute Gasteiger partial charge is 0.00675 e. The number of unbranched alkanes of at least 4 members (excludes halogenated alkanes) is 15. The zero-order valence-electron chi connectivity index (χ0n) is 15.8. The molecule has 0 N–H and O–H groups in total. The van der Waals surface area contributed by atoms with Gasteiger partial charge in [0.15, 0.2) is 0 Å². The lowest BCUT2D eigenvalue weighted by atomic mass is 10.0. The van der Waals surface area contributed by atoms with Gasteiger partial charge in [-0.3, -0.25) is 0 Å². The summed E-state index contributed by atoms with van der Waals surface area (Å²) >= 11 is 2.18. The van der Waals surface area contributed by atoms with Crippen LogP contribution in [0.25, 0.3) is 0 Å². The summed E-state index contributed by atoms with van der Waals surface area (Å²) in [5.41, 5.74) is 0. The van der Waals surface area contributed by atoms with Crippen molar-refractivity contribution in [1.82, 2.24) is 0 Å². The summed E-state index contributed by atoms with van der Waals surface area (Å²) in [5.74, 6) is 2.80. The van der Waals surface area contributed by atoms with Crippen LogP contribution in [0.5, 0.6) is 0 Å². The standard InChI is InChI=1S/C21H44S/c1-3-5-7-8-9-10-11-12-13-14-15-16-17-19-21-22-20-18-6-4-2/h3-21H2,1-2H3. The minimum Gasteiger partial charge on any atom is -0.162 e. The van der Waals surface area contributed by atoms with E-state index in [0.29, 0.717) is 0 Å². The van der Waals surface area contributed by atoms with Crippen LogP contribution in [-0.2, 0) is 0 Å². The highest BCUT2D eigenvalue weighted by atomic mass is 32.2. The van der Waals surface area contributed by atoms with Crippen LogP contribution in [0.1, 0.15) is 123 Å². The molecule has 0 fully saturated rings. The summed E-state index contributed by atoms with van der Waals surface area (Å²) in [6.45, 7) is 4.59. The fourth-order valence-corrected chi connectivity index (χ4v) is 3.98. The lowest BCUT2D eigenvalue weighted by Crippen LogP contribution is -1.86. The summed E-state index contributed by atoms with van der Waals surface area (Å²) in [6, 6.07) is 0. The molecule has 0 amide bonds. The van der Waals surface area contributed by atoms with Crippen molar-refractivity contribution >= 4 is 11.8 Å². The van der Waals surface area contributed by atoms with Gasteiger partial charge >= 0.3 is 0 Å². The van der Waals surface area contributed by atoms with E-state index in [1.165, 1.54) is 121 Å². The second-order valence-electron chi connectivity index (χ2n) is 6.92. The molecule has 0 atom stereocenters. The van der Waals surface area contributed by atoms with Crippen LogP contribution in [-0.4, -0.2) is 11.5 Å². The van der Waals surface area contributed by atoms with E-state index in [0.717, 1.165) is 0 Å². The molecule has 0 aromatic rings. The van der Waals surface area contributed by atoms with Gasteiger partial charge in [-0.2, -0.15) is 11.8 Å². The van der Waals surface area contributed by atoms with Gasteiger partial charge < -0.3 is 0 Å². The average Bonchev–Trinajstić information content (AvgIpc) is 2.54. The monoisotopic (exact) mass is 328 g/mol. The molecule has 22 heavy (non-hydrogen) atoms. The second kappa shape index (κ2) is 21.4. The van der Waals surface area contributed by atoms with Crippen LogP contribution < -0.4 is 0 Å². The Hall–Kier alpha value is 0.350. The molecule has 0 saturated heterocycles. The zero-order valence-corrected chi connectivity index (χ0v) is 16.7. The SMILES string of the molecule is CCCCCCCCCCCCCCCCSCCCCC. The fourth-order valence-electron chi connectivity index (χ4n) is 2.95. The van der Waals surface area contributed by atoms with E-state index < -0.39 is 0 Å². The minimum absolute atomic E-state index is 1.36. The molecule has 0 spiro atoms. The van der Waals surface area contributed by atoms with Crippen molar-refractivity contribution in [2.45, 2.75) is 123 Å². The Morgan fingerprint density at radius 3 is 1.05 bits per heavy atom. The van der Waals surface area contributed by atoms with Crippen LogP contribution in [0.15, 0.2) is 0 Å². The van der Waals surface area contributed by atoms with Crippen LogP contribution in [0, 0.1) is 0 Å². The van der Waals surface area contributed by atoms with Crippen LogP contribution in [0.4, 0.5) is 0 Å². The Balaban J connectivity index is 2.91. The molecule has 0 aliphatic heterocycles. The maximum Gasteiger partial charge on any atom is -0.00675 e. The lowest BCUT2D eigenvalue weighted by Gasteiger charge is -2.03. The van der Waals surface area contributed by atoms with Gasteiger partial charge in [-0.25, -0.2) is 0 Å². The average molecular weight is 329 g/mol. The molecule has 0 aliphatic carbocycles. The van der Waals surface area contributed by atoms with E-state index in [1.807, 2.05) is 0 Å². The van der Waals surface area contributed by atoms with Gasteiger partial charge in [-0.1, -0.05) is 110 Å². The molecule has 0 aromatic heterocycles. The molecular formula is C21H44S. The first-order valence-electron chi connectivity index (χ1n) is 10.5. The number of hydrogen-bond acceptors (Lipinski definition) is 1.